The first-order valence-corrected chi connectivity index (χ1v) is 6.96. The zero-order valence-electron chi connectivity index (χ0n) is 13.0. The molecule has 20 heavy (non-hydrogen) atoms. The predicted molar refractivity (Wildman–Crippen MR) is 79.7 cm³/mol. The molecule has 1 aromatic carbocycles. The Balaban J connectivity index is 3.05. The van der Waals surface area contributed by atoms with E-state index in [0.717, 1.165) is 16.7 Å². The highest BCUT2D eigenvalue weighted by Crippen LogP contribution is 2.27. The summed E-state index contributed by atoms with van der Waals surface area (Å²) < 4.78 is 4.70. The summed E-state index contributed by atoms with van der Waals surface area (Å²) in [6.45, 7) is 8.64. The highest BCUT2D eigenvalue weighted by atomic mass is 16.5. The number of hydrogen-bond donors (Lipinski definition) is 2. The van der Waals surface area contributed by atoms with Crippen molar-refractivity contribution in [2.75, 3.05) is 13.7 Å². The fraction of sp³-hybridized carbons (Fsp3) is 0.562. The van der Waals surface area contributed by atoms with Gasteiger partial charge < -0.3 is 15.2 Å². The molecule has 0 fully saturated rings. The molecule has 0 radical (unpaired) electrons. The van der Waals surface area contributed by atoms with Crippen LogP contribution < -0.4 is 5.32 Å². The highest BCUT2D eigenvalue weighted by molar-refractivity contribution is 5.70. The first kappa shape index (κ1) is 16.7. The van der Waals surface area contributed by atoms with Gasteiger partial charge in [0.25, 0.3) is 0 Å². The van der Waals surface area contributed by atoms with E-state index >= 15 is 0 Å². The van der Waals surface area contributed by atoms with Gasteiger partial charge in [-0.05, 0) is 44.0 Å². The van der Waals surface area contributed by atoms with Crippen LogP contribution in [0, 0.1) is 20.8 Å². The van der Waals surface area contributed by atoms with E-state index in [4.69, 9.17) is 4.74 Å². The first-order chi connectivity index (χ1) is 9.40. The molecule has 0 amide bonds. The van der Waals surface area contributed by atoms with E-state index in [1.54, 1.807) is 0 Å². The minimum absolute atomic E-state index is 0.151. The fourth-order valence-corrected chi connectivity index (χ4v) is 2.68. The van der Waals surface area contributed by atoms with Crippen molar-refractivity contribution >= 4 is 5.97 Å². The van der Waals surface area contributed by atoms with Crippen LogP contribution in [0.5, 0.6) is 0 Å². The first-order valence-electron chi connectivity index (χ1n) is 6.96. The Hall–Kier alpha value is -1.39. The lowest BCUT2D eigenvalue weighted by molar-refractivity contribution is -0.142. The van der Waals surface area contributed by atoms with Crippen LogP contribution >= 0.6 is 0 Å². The summed E-state index contributed by atoms with van der Waals surface area (Å²) in [6.07, 6.45) is -0.576. The predicted octanol–water partition coefficient (Wildman–Crippen LogP) is 2.19. The summed E-state index contributed by atoms with van der Waals surface area (Å²) in [4.78, 5) is 11.5. The van der Waals surface area contributed by atoms with Crippen LogP contribution in [-0.4, -0.2) is 30.8 Å². The lowest BCUT2D eigenvalue weighted by Crippen LogP contribution is -2.37. The van der Waals surface area contributed by atoms with Gasteiger partial charge in [0, 0.05) is 6.04 Å². The normalized spacial score (nSPS) is 13.9. The summed E-state index contributed by atoms with van der Waals surface area (Å²) in [5.41, 5.74) is 4.15. The smallest absolute Gasteiger partial charge is 0.307 e. The molecule has 2 unspecified atom stereocenters. The van der Waals surface area contributed by atoms with Gasteiger partial charge in [-0.15, -0.1) is 0 Å². The van der Waals surface area contributed by atoms with Crippen LogP contribution in [0.4, 0.5) is 0 Å². The van der Waals surface area contributed by atoms with Crippen molar-refractivity contribution in [2.24, 2.45) is 0 Å². The SMILES string of the molecule is CCNC(CC(=O)OC)C(O)c1c(C)cc(C)cc1C. The molecule has 0 heterocycles. The molecular weight excluding hydrogens is 254 g/mol. The molecular formula is C16H25NO3. The van der Waals surface area contributed by atoms with E-state index < -0.39 is 6.10 Å². The zero-order valence-corrected chi connectivity index (χ0v) is 13.0. The molecule has 2 atom stereocenters. The van der Waals surface area contributed by atoms with Gasteiger partial charge in [0.2, 0.25) is 0 Å². The maximum atomic E-state index is 11.5. The standard InChI is InChI=1S/C16H25NO3/c1-6-17-13(9-14(18)20-5)16(19)15-11(3)7-10(2)8-12(15)4/h7-8,13,16-17,19H,6,9H2,1-5H3. The van der Waals surface area contributed by atoms with E-state index in [9.17, 15) is 9.90 Å². The summed E-state index contributed by atoms with van der Waals surface area (Å²) in [5, 5.41) is 13.8. The Kier molecular flexibility index (Phi) is 6.17. The number of likely N-dealkylation sites (N-methyl/N-ethyl adjacent to an activating group) is 1. The number of esters is 1. The van der Waals surface area contributed by atoms with Crippen molar-refractivity contribution in [3.05, 3.63) is 34.4 Å². The molecule has 112 valence electrons. The van der Waals surface area contributed by atoms with E-state index in [1.807, 2.05) is 39.8 Å². The Morgan fingerprint density at radius 3 is 2.30 bits per heavy atom. The number of hydrogen-bond acceptors (Lipinski definition) is 4. The lowest BCUT2D eigenvalue weighted by atomic mass is 9.91. The second-order valence-electron chi connectivity index (χ2n) is 5.20. The van der Waals surface area contributed by atoms with Gasteiger partial charge in [-0.25, -0.2) is 0 Å². The number of aliphatic hydroxyl groups is 1. The average Bonchev–Trinajstić information content (AvgIpc) is 2.36. The van der Waals surface area contributed by atoms with Crippen LogP contribution in [0.15, 0.2) is 12.1 Å². The minimum atomic E-state index is -0.727. The zero-order chi connectivity index (χ0) is 15.3. The summed E-state index contributed by atoms with van der Waals surface area (Å²) in [5.74, 6) is -0.322. The highest BCUT2D eigenvalue weighted by Gasteiger charge is 2.25. The molecule has 0 aliphatic carbocycles. The maximum absolute atomic E-state index is 11.5. The molecule has 0 saturated carbocycles. The van der Waals surface area contributed by atoms with E-state index in [0.29, 0.717) is 6.54 Å². The van der Waals surface area contributed by atoms with Gasteiger partial charge in [-0.1, -0.05) is 24.6 Å². The number of nitrogens with one attached hydrogen (secondary N) is 1. The van der Waals surface area contributed by atoms with E-state index in [1.165, 1.54) is 12.7 Å². The molecule has 0 spiro atoms. The minimum Gasteiger partial charge on any atom is -0.469 e. The van der Waals surface area contributed by atoms with Gasteiger partial charge >= 0.3 is 5.97 Å². The van der Waals surface area contributed by atoms with Crippen molar-refractivity contribution in [3.8, 4) is 0 Å². The van der Waals surface area contributed by atoms with Gasteiger partial charge in [0.15, 0.2) is 0 Å². The monoisotopic (exact) mass is 279 g/mol. The summed E-state index contributed by atoms with van der Waals surface area (Å²) >= 11 is 0. The topological polar surface area (TPSA) is 58.6 Å². The Morgan fingerprint density at radius 1 is 1.30 bits per heavy atom. The van der Waals surface area contributed by atoms with Gasteiger partial charge in [-0.2, -0.15) is 0 Å². The van der Waals surface area contributed by atoms with Crippen molar-refractivity contribution in [1.82, 2.24) is 5.32 Å². The number of aryl methyl sites for hydroxylation is 3. The Morgan fingerprint density at radius 2 is 1.85 bits per heavy atom. The Bertz CT molecular complexity index is 448. The van der Waals surface area contributed by atoms with Crippen LogP contribution in [0.1, 0.15) is 41.7 Å². The Labute approximate surface area is 121 Å². The summed E-state index contributed by atoms with van der Waals surface area (Å²) in [6, 6.07) is 3.76. The largest absolute Gasteiger partial charge is 0.469 e. The molecule has 1 rings (SSSR count). The molecule has 1 aromatic rings. The number of aliphatic hydroxyl groups excluding tert-OH is 1. The molecule has 0 aromatic heterocycles. The van der Waals surface area contributed by atoms with Gasteiger partial charge in [0.05, 0.1) is 19.6 Å². The van der Waals surface area contributed by atoms with Crippen molar-refractivity contribution in [2.45, 2.75) is 46.3 Å². The number of rotatable bonds is 6. The molecule has 4 nitrogen and oxygen atoms in total. The number of carbonyl (C=O) groups is 1. The second kappa shape index (κ2) is 7.41. The summed E-state index contributed by atoms with van der Waals surface area (Å²) in [7, 11) is 1.36. The number of benzene rings is 1. The fourth-order valence-electron chi connectivity index (χ4n) is 2.68. The van der Waals surface area contributed by atoms with Gasteiger partial charge in [0.1, 0.15) is 0 Å². The second-order valence-corrected chi connectivity index (χ2v) is 5.20. The van der Waals surface area contributed by atoms with Crippen molar-refractivity contribution in [3.63, 3.8) is 0 Å². The van der Waals surface area contributed by atoms with Crippen LogP contribution in [0.3, 0.4) is 0 Å². The third-order valence-corrected chi connectivity index (χ3v) is 3.50. The molecule has 0 aliphatic rings. The molecule has 0 saturated heterocycles. The molecule has 4 heteroatoms. The quantitative estimate of drug-likeness (QED) is 0.784. The van der Waals surface area contributed by atoms with Crippen molar-refractivity contribution < 1.29 is 14.6 Å². The van der Waals surface area contributed by atoms with E-state index in [2.05, 4.69) is 5.32 Å². The van der Waals surface area contributed by atoms with Crippen LogP contribution in [0.25, 0.3) is 0 Å². The lowest BCUT2D eigenvalue weighted by Gasteiger charge is -2.26. The number of methoxy groups -OCH3 is 1. The third-order valence-electron chi connectivity index (χ3n) is 3.50. The number of ether oxygens (including phenoxy) is 1. The van der Waals surface area contributed by atoms with Gasteiger partial charge in [-0.3, -0.25) is 4.79 Å². The van der Waals surface area contributed by atoms with Crippen LogP contribution in [0.2, 0.25) is 0 Å². The van der Waals surface area contributed by atoms with E-state index in [-0.39, 0.29) is 18.4 Å². The molecule has 0 aliphatic heterocycles. The van der Waals surface area contributed by atoms with Crippen molar-refractivity contribution in [1.29, 1.82) is 0 Å². The number of carbonyl (C=O) groups excluding carboxylic acids is 1. The molecule has 0 bridgehead atoms. The average molecular weight is 279 g/mol. The third kappa shape index (κ3) is 4.05. The molecule has 2 N–H and O–H groups in total. The van der Waals surface area contributed by atoms with Crippen LogP contribution in [-0.2, 0) is 9.53 Å². The maximum Gasteiger partial charge on any atom is 0.307 e.